The topological polar surface area (TPSA) is 76.5 Å². The minimum Gasteiger partial charge on any atom is -0.497 e. The monoisotopic (exact) mass is 452 g/mol. The average molecular weight is 453 g/mol. The first-order chi connectivity index (χ1) is 15.3. The van der Waals surface area contributed by atoms with Gasteiger partial charge in [-0.05, 0) is 55.3 Å². The summed E-state index contributed by atoms with van der Waals surface area (Å²) >= 11 is 5.95. The molecule has 1 aromatic heterocycles. The molecule has 2 aromatic carbocycles. The van der Waals surface area contributed by atoms with E-state index in [1.165, 1.54) is 0 Å². The molecule has 1 aliphatic heterocycles. The summed E-state index contributed by atoms with van der Waals surface area (Å²) in [7, 11) is 1.61. The fourth-order valence-electron chi connectivity index (χ4n) is 3.91. The lowest BCUT2D eigenvalue weighted by Gasteiger charge is -2.43. The zero-order chi connectivity index (χ0) is 22.9. The maximum Gasteiger partial charge on any atom is 0.273 e. The Morgan fingerprint density at radius 2 is 1.81 bits per heavy atom. The molecule has 0 saturated carbocycles. The number of halogens is 1. The Hall–Kier alpha value is -3.32. The Balaban J connectivity index is 1.62. The minimum atomic E-state index is -1.12. The van der Waals surface area contributed by atoms with Crippen LogP contribution in [-0.4, -0.2) is 39.1 Å². The van der Waals surface area contributed by atoms with Crippen molar-refractivity contribution < 1.29 is 14.3 Å². The summed E-state index contributed by atoms with van der Waals surface area (Å²) in [6, 6.07) is 16.5. The molecule has 32 heavy (non-hydrogen) atoms. The third-order valence-electron chi connectivity index (χ3n) is 5.78. The van der Waals surface area contributed by atoms with Crippen LogP contribution in [0.1, 0.15) is 34.2 Å². The van der Waals surface area contributed by atoms with Crippen molar-refractivity contribution in [2.75, 3.05) is 7.11 Å². The van der Waals surface area contributed by atoms with Crippen LogP contribution in [-0.2, 0) is 24.4 Å². The molecule has 0 unspecified atom stereocenters. The van der Waals surface area contributed by atoms with E-state index in [1.807, 2.05) is 43.3 Å². The molecule has 7 nitrogen and oxygen atoms in total. The van der Waals surface area contributed by atoms with Crippen molar-refractivity contribution in [3.8, 4) is 5.75 Å². The summed E-state index contributed by atoms with van der Waals surface area (Å²) in [6.07, 6.45) is 0. The number of methoxy groups -OCH3 is 1. The molecule has 2 heterocycles. The summed E-state index contributed by atoms with van der Waals surface area (Å²) in [4.78, 5) is 28.5. The number of nitrogens with one attached hydrogen (secondary N) is 1. The molecule has 0 bridgehead atoms. The highest BCUT2D eigenvalue weighted by Crippen LogP contribution is 2.30. The summed E-state index contributed by atoms with van der Waals surface area (Å²) in [5.74, 6) is 0.265. The van der Waals surface area contributed by atoms with E-state index in [1.54, 1.807) is 41.8 Å². The third kappa shape index (κ3) is 4.21. The van der Waals surface area contributed by atoms with Crippen LogP contribution in [0.2, 0.25) is 5.02 Å². The Morgan fingerprint density at radius 1 is 1.16 bits per heavy atom. The number of amides is 2. The maximum absolute atomic E-state index is 13.4. The number of hydrogen-bond acceptors (Lipinski definition) is 4. The Labute approximate surface area is 191 Å². The Morgan fingerprint density at radius 3 is 2.47 bits per heavy atom. The van der Waals surface area contributed by atoms with Gasteiger partial charge in [-0.2, -0.15) is 5.10 Å². The van der Waals surface area contributed by atoms with Crippen molar-refractivity contribution in [2.45, 2.75) is 39.0 Å². The summed E-state index contributed by atoms with van der Waals surface area (Å²) < 4.78 is 6.85. The number of hydrogen-bond donors (Lipinski definition) is 1. The average Bonchev–Trinajstić information content (AvgIpc) is 3.16. The van der Waals surface area contributed by atoms with Crippen LogP contribution >= 0.6 is 11.6 Å². The number of benzene rings is 2. The molecule has 3 aromatic rings. The highest BCUT2D eigenvalue weighted by molar-refractivity contribution is 6.30. The number of fused-ring (bicyclic) bond motifs is 1. The summed E-state index contributed by atoms with van der Waals surface area (Å²) in [6.45, 7) is 4.51. The van der Waals surface area contributed by atoms with Crippen LogP contribution in [0.3, 0.4) is 0 Å². The predicted molar refractivity (Wildman–Crippen MR) is 122 cm³/mol. The fourth-order valence-corrected chi connectivity index (χ4v) is 4.03. The molecule has 8 heteroatoms. The fraction of sp³-hybridized carbons (Fsp3) is 0.292. The highest BCUT2D eigenvalue weighted by atomic mass is 35.5. The van der Waals surface area contributed by atoms with Gasteiger partial charge in [0, 0.05) is 18.1 Å². The van der Waals surface area contributed by atoms with Gasteiger partial charge in [0.05, 0.1) is 19.3 Å². The minimum absolute atomic E-state index is 0.225. The molecule has 0 spiro atoms. The largest absolute Gasteiger partial charge is 0.497 e. The van der Waals surface area contributed by atoms with Crippen LogP contribution in [0.15, 0.2) is 54.6 Å². The van der Waals surface area contributed by atoms with Crippen molar-refractivity contribution >= 4 is 23.4 Å². The number of nitrogens with zero attached hydrogens (tertiary/aromatic N) is 3. The van der Waals surface area contributed by atoms with Crippen LogP contribution in [0.5, 0.6) is 5.75 Å². The van der Waals surface area contributed by atoms with E-state index in [4.69, 9.17) is 16.3 Å². The van der Waals surface area contributed by atoms with Gasteiger partial charge in [0.25, 0.3) is 5.91 Å². The van der Waals surface area contributed by atoms with Gasteiger partial charge in [-0.1, -0.05) is 35.9 Å². The molecule has 0 saturated heterocycles. The van der Waals surface area contributed by atoms with Crippen molar-refractivity contribution in [1.29, 1.82) is 0 Å². The Kier molecular flexibility index (Phi) is 5.93. The maximum atomic E-state index is 13.4. The van der Waals surface area contributed by atoms with Crippen molar-refractivity contribution in [3.05, 3.63) is 82.1 Å². The quantitative estimate of drug-likeness (QED) is 0.620. The van der Waals surface area contributed by atoms with Crippen LogP contribution in [0, 0.1) is 6.92 Å². The van der Waals surface area contributed by atoms with Crippen molar-refractivity contribution in [3.63, 3.8) is 0 Å². The van der Waals surface area contributed by atoms with E-state index in [9.17, 15) is 9.59 Å². The van der Waals surface area contributed by atoms with Crippen molar-refractivity contribution in [2.24, 2.45) is 0 Å². The van der Waals surface area contributed by atoms with Gasteiger partial charge in [-0.25, -0.2) is 0 Å². The van der Waals surface area contributed by atoms with E-state index in [2.05, 4.69) is 10.4 Å². The van der Waals surface area contributed by atoms with Gasteiger partial charge in [-0.15, -0.1) is 0 Å². The molecule has 0 fully saturated rings. The highest BCUT2D eigenvalue weighted by Gasteiger charge is 2.47. The predicted octanol–water partition coefficient (Wildman–Crippen LogP) is 3.58. The van der Waals surface area contributed by atoms with Gasteiger partial charge in [0.1, 0.15) is 17.0 Å². The van der Waals surface area contributed by atoms with E-state index in [0.29, 0.717) is 17.3 Å². The van der Waals surface area contributed by atoms with Gasteiger partial charge in [0.2, 0.25) is 5.91 Å². The number of carbonyl (C=O) groups is 2. The van der Waals surface area contributed by atoms with Crippen LogP contribution in [0.25, 0.3) is 0 Å². The van der Waals surface area contributed by atoms with Crippen molar-refractivity contribution in [1.82, 2.24) is 20.0 Å². The van der Waals surface area contributed by atoms with Gasteiger partial charge in [0.15, 0.2) is 0 Å². The number of aromatic nitrogens is 2. The number of carbonyl (C=O) groups excluding carboxylic acids is 2. The summed E-state index contributed by atoms with van der Waals surface area (Å²) in [5, 5.41) is 8.05. The Bertz CT molecular complexity index is 1140. The SMILES string of the molecule is COc1ccc(CN2C(=O)c3cc(C)nn3C[C@]2(C)C(=O)NCc2ccc(Cl)cc2)cc1. The molecule has 0 aliphatic carbocycles. The molecule has 1 atom stereocenters. The number of rotatable bonds is 6. The smallest absolute Gasteiger partial charge is 0.273 e. The van der Waals surface area contributed by atoms with Gasteiger partial charge >= 0.3 is 0 Å². The summed E-state index contributed by atoms with van der Waals surface area (Å²) in [5.41, 5.74) is 1.93. The molecular weight excluding hydrogens is 428 g/mol. The normalized spacial score (nSPS) is 17.8. The lowest BCUT2D eigenvalue weighted by Crippen LogP contribution is -2.63. The van der Waals surface area contributed by atoms with Gasteiger partial charge < -0.3 is 15.0 Å². The lowest BCUT2D eigenvalue weighted by molar-refractivity contribution is -0.133. The molecule has 0 radical (unpaired) electrons. The van der Waals surface area contributed by atoms with E-state index < -0.39 is 5.54 Å². The third-order valence-corrected chi connectivity index (χ3v) is 6.03. The van der Waals surface area contributed by atoms with E-state index in [0.717, 1.165) is 22.6 Å². The molecule has 2 amide bonds. The standard InChI is InChI=1S/C24H25ClN4O3/c1-16-12-21-22(30)28(14-18-6-10-20(32-3)11-7-18)24(2,15-29(21)27-16)23(31)26-13-17-4-8-19(25)9-5-17/h4-12H,13-15H2,1-3H3,(H,26,31)/t24-/m1/s1. The lowest BCUT2D eigenvalue weighted by atomic mass is 9.94. The second-order valence-corrected chi connectivity index (χ2v) is 8.59. The molecule has 166 valence electrons. The number of ether oxygens (including phenoxy) is 1. The van der Waals surface area contributed by atoms with Crippen LogP contribution < -0.4 is 10.1 Å². The second-order valence-electron chi connectivity index (χ2n) is 8.15. The molecule has 4 rings (SSSR count). The first kappa shape index (κ1) is 21.9. The zero-order valence-corrected chi connectivity index (χ0v) is 19.0. The first-order valence-electron chi connectivity index (χ1n) is 10.3. The van der Waals surface area contributed by atoms with Gasteiger partial charge in [-0.3, -0.25) is 14.3 Å². The molecule has 1 aliphatic rings. The number of aryl methyl sites for hydroxylation is 1. The van der Waals surface area contributed by atoms with E-state index >= 15 is 0 Å². The molecular formula is C24H25ClN4O3. The van der Waals surface area contributed by atoms with Crippen LogP contribution in [0.4, 0.5) is 0 Å². The second kappa shape index (κ2) is 8.67. The molecule has 1 N–H and O–H groups in total. The van der Waals surface area contributed by atoms with E-state index in [-0.39, 0.29) is 24.9 Å². The first-order valence-corrected chi connectivity index (χ1v) is 10.7. The zero-order valence-electron chi connectivity index (χ0n) is 18.3.